The second-order valence-corrected chi connectivity index (χ2v) is 6.23. The highest BCUT2D eigenvalue weighted by molar-refractivity contribution is 6.28. The van der Waals surface area contributed by atoms with Gasteiger partial charge in [0.1, 0.15) is 5.82 Å². The normalized spacial score (nSPS) is 11.5. The van der Waals surface area contributed by atoms with E-state index in [1.54, 1.807) is 18.3 Å². The molecule has 1 heterocycles. The molecule has 0 saturated heterocycles. The van der Waals surface area contributed by atoms with Crippen molar-refractivity contribution < 1.29 is 4.79 Å². The fourth-order valence-corrected chi connectivity index (χ4v) is 3.69. The maximum atomic E-state index is 13.1. The molecule has 0 saturated carbocycles. The van der Waals surface area contributed by atoms with Gasteiger partial charge >= 0.3 is 0 Å². The molecule has 5 rings (SSSR count). The number of aromatic nitrogens is 1. The van der Waals surface area contributed by atoms with Gasteiger partial charge < -0.3 is 5.73 Å². The molecule has 2 N–H and O–H groups in total. The smallest absolute Gasteiger partial charge is 0.197 e. The van der Waals surface area contributed by atoms with Crippen LogP contribution in [0.5, 0.6) is 0 Å². The molecule has 0 amide bonds. The number of hydrogen-bond donors (Lipinski definition) is 1. The fraction of sp³-hybridized carbons (Fsp3) is 0. The van der Waals surface area contributed by atoms with Crippen molar-refractivity contribution in [3.05, 3.63) is 84.1 Å². The SMILES string of the molecule is Nc1ncccc1C(=O)c1ccc2ccc3cccc4ccc1c2c34. The van der Waals surface area contributed by atoms with Gasteiger partial charge in [-0.05, 0) is 50.5 Å². The predicted molar refractivity (Wildman–Crippen MR) is 102 cm³/mol. The number of carbonyl (C=O) groups is 1. The minimum Gasteiger partial charge on any atom is -0.383 e. The number of nitrogens with zero attached hydrogens (tertiary/aromatic N) is 1. The minimum absolute atomic E-state index is 0.0939. The van der Waals surface area contributed by atoms with Crippen molar-refractivity contribution in [2.75, 3.05) is 5.73 Å². The summed E-state index contributed by atoms with van der Waals surface area (Å²) in [6.07, 6.45) is 1.59. The Balaban J connectivity index is 1.88. The molecule has 3 nitrogen and oxygen atoms in total. The Morgan fingerprint density at radius 3 is 2.16 bits per heavy atom. The zero-order valence-corrected chi connectivity index (χ0v) is 13.4. The zero-order valence-electron chi connectivity index (χ0n) is 13.4. The molecule has 118 valence electrons. The molecule has 1 aromatic heterocycles. The maximum Gasteiger partial charge on any atom is 0.197 e. The molecule has 4 aromatic carbocycles. The van der Waals surface area contributed by atoms with Crippen molar-refractivity contribution in [1.29, 1.82) is 0 Å². The largest absolute Gasteiger partial charge is 0.383 e. The van der Waals surface area contributed by atoms with Gasteiger partial charge in [-0.1, -0.05) is 48.5 Å². The van der Waals surface area contributed by atoms with Gasteiger partial charge in [0.05, 0.1) is 5.56 Å². The van der Waals surface area contributed by atoms with Crippen LogP contribution in [0.1, 0.15) is 15.9 Å². The average Bonchev–Trinajstić information content (AvgIpc) is 2.66. The molecule has 3 heteroatoms. The Bertz CT molecular complexity index is 1260. The van der Waals surface area contributed by atoms with E-state index in [-0.39, 0.29) is 11.6 Å². The van der Waals surface area contributed by atoms with Crippen LogP contribution in [0, 0.1) is 0 Å². The van der Waals surface area contributed by atoms with Crippen LogP contribution >= 0.6 is 0 Å². The first-order valence-electron chi connectivity index (χ1n) is 8.16. The lowest BCUT2D eigenvalue weighted by Gasteiger charge is -2.13. The number of rotatable bonds is 2. The molecule has 5 aromatic rings. The topological polar surface area (TPSA) is 56.0 Å². The predicted octanol–water partition coefficient (Wildman–Crippen LogP) is 4.79. The quantitative estimate of drug-likeness (QED) is 0.375. The molecule has 0 aliphatic heterocycles. The van der Waals surface area contributed by atoms with Gasteiger partial charge in [-0.25, -0.2) is 4.98 Å². The van der Waals surface area contributed by atoms with Gasteiger partial charge in [0.2, 0.25) is 0 Å². The highest BCUT2D eigenvalue weighted by Gasteiger charge is 2.18. The van der Waals surface area contributed by atoms with Crippen LogP contribution in [-0.4, -0.2) is 10.8 Å². The molecule has 0 aliphatic rings. The van der Waals surface area contributed by atoms with Gasteiger partial charge in [-0.2, -0.15) is 0 Å². The van der Waals surface area contributed by atoms with Gasteiger partial charge in [0, 0.05) is 11.8 Å². The number of carbonyl (C=O) groups excluding carboxylic acids is 1. The number of pyridine rings is 1. The van der Waals surface area contributed by atoms with Crippen molar-refractivity contribution in [1.82, 2.24) is 4.98 Å². The van der Waals surface area contributed by atoms with Crippen LogP contribution < -0.4 is 5.73 Å². The molecule has 0 radical (unpaired) electrons. The second kappa shape index (κ2) is 5.02. The van der Waals surface area contributed by atoms with Crippen LogP contribution in [0.15, 0.2) is 72.9 Å². The molecule has 0 unspecified atom stereocenters. The molecule has 0 atom stereocenters. The van der Waals surface area contributed by atoms with Gasteiger partial charge in [-0.15, -0.1) is 0 Å². The summed E-state index contributed by atoms with van der Waals surface area (Å²) in [5.41, 5.74) is 7.02. The fourth-order valence-electron chi connectivity index (χ4n) is 3.69. The molecule has 0 spiro atoms. The Hall–Kier alpha value is -3.46. The lowest BCUT2D eigenvalue weighted by molar-refractivity contribution is 0.104. The molecule has 0 aliphatic carbocycles. The Labute approximate surface area is 144 Å². The first kappa shape index (κ1) is 13.9. The summed E-state index contributed by atoms with van der Waals surface area (Å²) < 4.78 is 0. The third kappa shape index (κ3) is 1.93. The van der Waals surface area contributed by atoms with E-state index in [9.17, 15) is 4.79 Å². The summed E-state index contributed by atoms with van der Waals surface area (Å²) >= 11 is 0. The third-order valence-corrected chi connectivity index (χ3v) is 4.86. The molecule has 0 bridgehead atoms. The van der Waals surface area contributed by atoms with Gasteiger partial charge in [0.15, 0.2) is 5.78 Å². The van der Waals surface area contributed by atoms with E-state index < -0.39 is 0 Å². The summed E-state index contributed by atoms with van der Waals surface area (Å²) in [7, 11) is 0. The second-order valence-electron chi connectivity index (χ2n) is 6.23. The van der Waals surface area contributed by atoms with Crippen LogP contribution in [0.2, 0.25) is 0 Å². The summed E-state index contributed by atoms with van der Waals surface area (Å²) in [5.74, 6) is 0.168. The minimum atomic E-state index is -0.0939. The van der Waals surface area contributed by atoms with Crippen LogP contribution in [0.3, 0.4) is 0 Å². The number of nitrogen functional groups attached to an aromatic ring is 1. The van der Waals surface area contributed by atoms with Crippen LogP contribution in [0.25, 0.3) is 32.3 Å². The van der Waals surface area contributed by atoms with E-state index in [2.05, 4.69) is 41.4 Å². The van der Waals surface area contributed by atoms with Crippen molar-refractivity contribution in [2.45, 2.75) is 0 Å². The molecular formula is C22H14N2O. The van der Waals surface area contributed by atoms with E-state index in [1.165, 1.54) is 16.2 Å². The number of nitrogens with two attached hydrogens (primary N) is 1. The van der Waals surface area contributed by atoms with Gasteiger partial charge in [-0.3, -0.25) is 4.79 Å². The third-order valence-electron chi connectivity index (χ3n) is 4.86. The van der Waals surface area contributed by atoms with E-state index in [1.807, 2.05) is 18.2 Å². The first-order valence-corrected chi connectivity index (χ1v) is 8.16. The van der Waals surface area contributed by atoms with E-state index in [0.29, 0.717) is 11.1 Å². The number of anilines is 1. The summed E-state index contributed by atoms with van der Waals surface area (Å²) in [6, 6.07) is 22.0. The highest BCUT2D eigenvalue weighted by Crippen LogP contribution is 2.36. The average molecular weight is 322 g/mol. The Morgan fingerprint density at radius 1 is 0.720 bits per heavy atom. The maximum absolute atomic E-state index is 13.1. The van der Waals surface area contributed by atoms with E-state index >= 15 is 0 Å². The Morgan fingerprint density at radius 2 is 1.40 bits per heavy atom. The summed E-state index contributed by atoms with van der Waals surface area (Å²) in [5, 5.41) is 6.78. The van der Waals surface area contributed by atoms with Crippen molar-refractivity contribution >= 4 is 43.9 Å². The standard InChI is InChI=1S/C22H14N2O/c23-22-18(5-2-12-24-22)21(25)17-11-9-15-7-6-13-3-1-4-14-8-10-16(17)20(15)19(13)14/h1-12H,(H2,23,24). The van der Waals surface area contributed by atoms with Gasteiger partial charge in [0.25, 0.3) is 0 Å². The Kier molecular flexibility index (Phi) is 2.80. The molecule has 25 heavy (non-hydrogen) atoms. The number of benzene rings is 4. The summed E-state index contributed by atoms with van der Waals surface area (Å²) in [6.45, 7) is 0. The lowest BCUT2D eigenvalue weighted by Crippen LogP contribution is -2.07. The summed E-state index contributed by atoms with van der Waals surface area (Å²) in [4.78, 5) is 17.1. The monoisotopic (exact) mass is 322 g/mol. The van der Waals surface area contributed by atoms with Crippen molar-refractivity contribution in [2.24, 2.45) is 0 Å². The highest BCUT2D eigenvalue weighted by atomic mass is 16.1. The van der Waals surface area contributed by atoms with Crippen LogP contribution in [0.4, 0.5) is 5.82 Å². The first-order chi connectivity index (χ1) is 12.2. The van der Waals surface area contributed by atoms with E-state index in [4.69, 9.17) is 5.73 Å². The van der Waals surface area contributed by atoms with Crippen molar-refractivity contribution in [3.8, 4) is 0 Å². The van der Waals surface area contributed by atoms with E-state index in [0.717, 1.165) is 16.2 Å². The number of hydrogen-bond acceptors (Lipinski definition) is 3. The van der Waals surface area contributed by atoms with Crippen LogP contribution in [-0.2, 0) is 0 Å². The van der Waals surface area contributed by atoms with Crippen molar-refractivity contribution in [3.63, 3.8) is 0 Å². The number of ketones is 1. The zero-order chi connectivity index (χ0) is 17.0. The molecular weight excluding hydrogens is 308 g/mol. The molecule has 0 fully saturated rings. The lowest BCUT2D eigenvalue weighted by atomic mass is 9.90.